The van der Waals surface area contributed by atoms with Gasteiger partial charge in [0.05, 0.1) is 54.2 Å². The average Bonchev–Trinajstić information content (AvgIpc) is 2.66. The Labute approximate surface area is 298 Å². The second-order valence-electron chi connectivity index (χ2n) is 10.00. The van der Waals surface area contributed by atoms with E-state index in [1.807, 2.05) is 0 Å². The zero-order chi connectivity index (χ0) is 29.9. The summed E-state index contributed by atoms with van der Waals surface area (Å²) < 4.78 is 11.4. The minimum atomic E-state index is -1.19. The second-order valence-corrected chi connectivity index (χ2v) is 10.00. The maximum absolute atomic E-state index is 10.9. The van der Waals surface area contributed by atoms with Gasteiger partial charge in [0.1, 0.15) is 26.3 Å². The number of ether oxygens (including phenoxy) is 2. The summed E-state index contributed by atoms with van der Waals surface area (Å²) in [6.07, 6.45) is 0. The van der Waals surface area contributed by atoms with Crippen LogP contribution in [0.25, 0.3) is 0 Å². The van der Waals surface area contributed by atoms with Crippen LogP contribution >= 0.6 is 12.4 Å². The van der Waals surface area contributed by atoms with E-state index in [0.29, 0.717) is 24.4 Å². The van der Waals surface area contributed by atoms with E-state index in [4.69, 9.17) is 9.47 Å². The van der Waals surface area contributed by atoms with Crippen LogP contribution in [0.1, 0.15) is 27.7 Å². The molecule has 0 saturated carbocycles. The molecule has 0 N–H and O–H groups in total. The predicted molar refractivity (Wildman–Crippen MR) is 144 cm³/mol. The first-order chi connectivity index (χ1) is 15.9. The van der Waals surface area contributed by atoms with Crippen molar-refractivity contribution in [2.75, 3.05) is 68.6 Å². The number of carbonyl (C=O) groups is 4. The molecule has 10 nitrogen and oxygen atoms in total. The number of quaternary nitrogens is 2. The molecule has 0 bridgehead atoms. The fraction of sp³-hybridized carbons (Fsp3) is 0.538. The van der Waals surface area contributed by atoms with Crippen LogP contribution in [0.3, 0.4) is 0 Å². The van der Waals surface area contributed by atoms with E-state index < -0.39 is 11.9 Å². The molecule has 0 aromatic rings. The van der Waals surface area contributed by atoms with Crippen molar-refractivity contribution >= 4 is 36.3 Å². The van der Waals surface area contributed by atoms with E-state index in [1.54, 1.807) is 13.8 Å². The molecule has 0 rings (SSSR count). The summed E-state index contributed by atoms with van der Waals surface area (Å²) in [6, 6.07) is 0. The van der Waals surface area contributed by atoms with E-state index in [1.165, 1.54) is 13.8 Å². The topological polar surface area (TPSA) is 133 Å². The van der Waals surface area contributed by atoms with Gasteiger partial charge in [-0.3, -0.25) is 0 Å². The SMILES string of the molecule is C=C(C)C(=O)OCC[N+](C)(C)C.C=C(C)C(=O)OCC[N+](C)(C)C.C=C(C)C(=O)[O-].C=C(C)C(=O)[O-].Cl.[Cl-].[Na+].[Na+]. The molecular weight excluding hydrogens is 585 g/mol. The van der Waals surface area contributed by atoms with Crippen molar-refractivity contribution in [3.05, 3.63) is 48.6 Å². The van der Waals surface area contributed by atoms with Gasteiger partial charge >= 0.3 is 71.1 Å². The molecule has 40 heavy (non-hydrogen) atoms. The summed E-state index contributed by atoms with van der Waals surface area (Å²) in [7, 11) is 12.3. The van der Waals surface area contributed by atoms with Crippen molar-refractivity contribution in [1.29, 1.82) is 0 Å². The number of aliphatic carboxylic acids is 2. The fourth-order valence-electron chi connectivity index (χ4n) is 1.07. The van der Waals surface area contributed by atoms with E-state index in [9.17, 15) is 29.4 Å². The first-order valence-corrected chi connectivity index (χ1v) is 10.9. The summed E-state index contributed by atoms with van der Waals surface area (Å²) >= 11 is 0. The number of carbonyl (C=O) groups excluding carboxylic acids is 4. The first kappa shape index (κ1) is 58.9. The Balaban J connectivity index is -0.0000000576. The van der Waals surface area contributed by atoms with Crippen molar-refractivity contribution in [2.24, 2.45) is 0 Å². The molecule has 0 aliphatic heterocycles. The molecule has 0 aromatic heterocycles. The third-order valence-corrected chi connectivity index (χ3v) is 3.38. The van der Waals surface area contributed by atoms with Gasteiger partial charge in [-0.2, -0.15) is 0 Å². The number of carboxylic acid groups (broad SMARTS) is 2. The molecule has 0 radical (unpaired) electrons. The van der Waals surface area contributed by atoms with Crippen molar-refractivity contribution in [3.63, 3.8) is 0 Å². The minimum Gasteiger partial charge on any atom is -1.00 e. The van der Waals surface area contributed by atoms with Crippen molar-refractivity contribution < 1.29 is 119 Å². The number of carboxylic acids is 2. The number of rotatable bonds is 10. The molecule has 0 saturated heterocycles. The minimum absolute atomic E-state index is 0. The second kappa shape index (κ2) is 31.3. The van der Waals surface area contributed by atoms with E-state index >= 15 is 0 Å². The van der Waals surface area contributed by atoms with Crippen LogP contribution < -0.4 is 81.7 Å². The molecule has 0 fully saturated rings. The van der Waals surface area contributed by atoms with Gasteiger partial charge in [0.2, 0.25) is 0 Å². The Kier molecular flexibility index (Phi) is 46.0. The smallest absolute Gasteiger partial charge is 1.00 e. The Morgan fingerprint density at radius 2 is 0.750 bits per heavy atom. The van der Waals surface area contributed by atoms with Crippen LogP contribution in [0.15, 0.2) is 48.6 Å². The normalized spacial score (nSPS) is 8.85. The number of likely N-dealkylation sites (N-methyl/N-ethyl adjacent to an activating group) is 2. The van der Waals surface area contributed by atoms with Gasteiger partial charge in [0, 0.05) is 11.1 Å². The molecule has 0 unspecified atom stereocenters. The van der Waals surface area contributed by atoms with Crippen LogP contribution in [0.5, 0.6) is 0 Å². The number of esters is 2. The van der Waals surface area contributed by atoms with Gasteiger partial charge < -0.3 is 50.6 Å². The fourth-order valence-corrected chi connectivity index (χ4v) is 1.07. The van der Waals surface area contributed by atoms with Crippen LogP contribution in [-0.4, -0.2) is 101 Å². The molecule has 0 aliphatic rings. The molecule has 0 amide bonds. The Morgan fingerprint density at radius 3 is 0.850 bits per heavy atom. The Morgan fingerprint density at radius 1 is 0.575 bits per heavy atom. The van der Waals surface area contributed by atoms with Gasteiger partial charge in [-0.05, 0) is 38.8 Å². The van der Waals surface area contributed by atoms with E-state index in [-0.39, 0.29) is 107 Å². The molecule has 14 heteroatoms. The monoisotopic (exact) mass is 631 g/mol. The molecule has 0 heterocycles. The third kappa shape index (κ3) is 57.3. The zero-order valence-electron chi connectivity index (χ0n) is 26.6. The molecule has 0 aromatic carbocycles. The first-order valence-electron chi connectivity index (χ1n) is 10.9. The average molecular weight is 633 g/mol. The summed E-state index contributed by atoms with van der Waals surface area (Å²) in [5, 5.41) is 19.0. The summed E-state index contributed by atoms with van der Waals surface area (Å²) in [6.45, 7) is 21.8. The largest absolute Gasteiger partial charge is 1.00 e. The van der Waals surface area contributed by atoms with Gasteiger partial charge in [-0.1, -0.05) is 26.3 Å². The van der Waals surface area contributed by atoms with Gasteiger partial charge in [-0.25, -0.2) is 9.59 Å². The number of nitrogens with zero attached hydrogens (tertiary/aromatic N) is 2. The number of hydrogen-bond acceptors (Lipinski definition) is 8. The van der Waals surface area contributed by atoms with Gasteiger partial charge in [0.15, 0.2) is 0 Å². The summed E-state index contributed by atoms with van der Waals surface area (Å²) in [4.78, 5) is 40.8. The van der Waals surface area contributed by atoms with E-state index in [2.05, 4.69) is 68.6 Å². The Bertz CT molecular complexity index is 718. The van der Waals surface area contributed by atoms with Crippen molar-refractivity contribution in [2.45, 2.75) is 27.7 Å². The van der Waals surface area contributed by atoms with Crippen LogP contribution in [0.2, 0.25) is 0 Å². The van der Waals surface area contributed by atoms with Gasteiger partial charge in [0.25, 0.3) is 0 Å². The number of hydrogen-bond donors (Lipinski definition) is 0. The number of halogens is 2. The van der Waals surface area contributed by atoms with Gasteiger partial charge in [-0.15, -0.1) is 12.4 Å². The molecule has 0 aliphatic carbocycles. The van der Waals surface area contributed by atoms with Crippen LogP contribution in [-0.2, 0) is 28.7 Å². The van der Waals surface area contributed by atoms with Crippen LogP contribution in [0.4, 0.5) is 0 Å². The van der Waals surface area contributed by atoms with Crippen molar-refractivity contribution in [1.82, 2.24) is 0 Å². The maximum atomic E-state index is 10.9. The van der Waals surface area contributed by atoms with E-state index in [0.717, 1.165) is 22.1 Å². The predicted octanol–water partition coefficient (Wildman–Crippen LogP) is -8.32. The standard InChI is InChI=1S/2C9H18NO2.2C4H6O2.2ClH.2Na/c2*1-8(2)9(11)12-7-6-10(3,4)5;2*1-3(2)4(5)6;;;;/h2*1,6-7H2,2-5H3;2*1H2,2H3,(H,5,6);2*1H;;/q2*+1;;;;;2*+1/p-3. The summed E-state index contributed by atoms with van der Waals surface area (Å²) in [5.74, 6) is -2.98. The molecular formula is C26H47Cl2N2Na2O8+. The zero-order valence-corrected chi connectivity index (χ0v) is 32.2. The maximum Gasteiger partial charge on any atom is 1.00 e. The quantitative estimate of drug-likeness (QED) is 0.100. The van der Waals surface area contributed by atoms with Crippen molar-refractivity contribution in [3.8, 4) is 0 Å². The molecule has 224 valence electrons. The Hall–Kier alpha value is -0.660. The van der Waals surface area contributed by atoms with Crippen LogP contribution in [0, 0.1) is 0 Å². The molecule has 0 atom stereocenters. The third-order valence-electron chi connectivity index (χ3n) is 3.38. The summed E-state index contributed by atoms with van der Waals surface area (Å²) in [5.41, 5.74) is 1.04. The molecule has 0 spiro atoms.